The molecule has 0 aliphatic carbocycles. The molecule has 0 bridgehead atoms. The molecule has 0 aromatic heterocycles. The van der Waals surface area contributed by atoms with Crippen LogP contribution in [0.4, 0.5) is 0 Å². The lowest BCUT2D eigenvalue weighted by Crippen LogP contribution is -2.48. The fraction of sp³-hybridized carbons (Fsp3) is 0.600. The van der Waals surface area contributed by atoms with Gasteiger partial charge in [-0.3, -0.25) is 0 Å². The van der Waals surface area contributed by atoms with Crippen LogP contribution >= 0.6 is 11.6 Å². The van der Waals surface area contributed by atoms with Crippen molar-refractivity contribution in [2.24, 2.45) is 0 Å². The Labute approximate surface area is 120 Å². The molecule has 19 heavy (non-hydrogen) atoms. The summed E-state index contributed by atoms with van der Waals surface area (Å²) in [5.41, 5.74) is 1.27. The van der Waals surface area contributed by atoms with Gasteiger partial charge in [-0.1, -0.05) is 30.7 Å². The van der Waals surface area contributed by atoms with Crippen molar-refractivity contribution >= 4 is 11.6 Å². The molecular weight excluding hydrogens is 262 g/mol. The third kappa shape index (κ3) is 4.77. The van der Waals surface area contributed by atoms with Crippen LogP contribution in [-0.2, 0) is 15.9 Å². The van der Waals surface area contributed by atoms with Crippen LogP contribution in [0, 0.1) is 0 Å². The maximum absolute atomic E-state index is 5.92. The van der Waals surface area contributed by atoms with Crippen molar-refractivity contribution in [2.45, 2.75) is 31.9 Å². The lowest BCUT2D eigenvalue weighted by atomic mass is 10.0. The minimum atomic E-state index is 0.135. The average Bonchev–Trinajstić information content (AvgIpc) is 2.46. The van der Waals surface area contributed by atoms with Gasteiger partial charge in [-0.2, -0.15) is 0 Å². The first-order valence-electron chi connectivity index (χ1n) is 6.96. The first-order chi connectivity index (χ1) is 9.29. The number of hydrogen-bond acceptors (Lipinski definition) is 3. The van der Waals surface area contributed by atoms with E-state index in [2.05, 4.69) is 24.4 Å². The van der Waals surface area contributed by atoms with Crippen molar-refractivity contribution in [1.29, 1.82) is 0 Å². The molecule has 0 radical (unpaired) electrons. The largest absolute Gasteiger partial charge is 0.376 e. The second-order valence-electron chi connectivity index (χ2n) is 4.88. The van der Waals surface area contributed by atoms with Gasteiger partial charge in [0.2, 0.25) is 0 Å². The summed E-state index contributed by atoms with van der Waals surface area (Å²) in [6, 6.07) is 8.32. The first kappa shape index (κ1) is 14.8. The average molecular weight is 284 g/mol. The molecule has 1 aromatic rings. The minimum Gasteiger partial charge on any atom is -0.376 e. The molecule has 3 nitrogen and oxygen atoms in total. The fourth-order valence-electron chi connectivity index (χ4n) is 2.28. The van der Waals surface area contributed by atoms with Gasteiger partial charge in [-0.25, -0.2) is 0 Å². The lowest BCUT2D eigenvalue weighted by Gasteiger charge is -2.31. The summed E-state index contributed by atoms with van der Waals surface area (Å²) in [7, 11) is 0. The minimum absolute atomic E-state index is 0.135. The Bertz CT molecular complexity index is 363. The monoisotopic (exact) mass is 283 g/mol. The Hall–Kier alpha value is -0.610. The Morgan fingerprint density at radius 2 is 2.11 bits per heavy atom. The van der Waals surface area contributed by atoms with E-state index < -0.39 is 0 Å². The third-order valence-corrected chi connectivity index (χ3v) is 3.57. The topological polar surface area (TPSA) is 30.5 Å². The van der Waals surface area contributed by atoms with Gasteiger partial charge in [0.1, 0.15) is 0 Å². The molecule has 1 heterocycles. The highest BCUT2D eigenvalue weighted by atomic mass is 35.5. The van der Waals surface area contributed by atoms with Crippen LogP contribution < -0.4 is 5.32 Å². The number of benzene rings is 1. The predicted octanol–water partition coefficient (Wildman–Crippen LogP) is 2.67. The fourth-order valence-corrected chi connectivity index (χ4v) is 2.40. The summed E-state index contributed by atoms with van der Waals surface area (Å²) in [5, 5.41) is 4.34. The van der Waals surface area contributed by atoms with E-state index in [0.717, 1.165) is 24.4 Å². The number of rotatable bonds is 6. The van der Waals surface area contributed by atoms with Gasteiger partial charge in [0.05, 0.1) is 25.9 Å². The van der Waals surface area contributed by atoms with E-state index in [9.17, 15) is 0 Å². The SMILES string of the molecule is CCCNC(Cc1ccc(Cl)cc1)C1COCCO1. The summed E-state index contributed by atoms with van der Waals surface area (Å²) < 4.78 is 11.3. The van der Waals surface area contributed by atoms with E-state index >= 15 is 0 Å². The van der Waals surface area contributed by atoms with Gasteiger partial charge in [-0.15, -0.1) is 0 Å². The van der Waals surface area contributed by atoms with E-state index in [0.29, 0.717) is 25.9 Å². The van der Waals surface area contributed by atoms with Gasteiger partial charge in [0, 0.05) is 11.1 Å². The summed E-state index contributed by atoms with van der Waals surface area (Å²) in [4.78, 5) is 0. The van der Waals surface area contributed by atoms with Crippen molar-refractivity contribution in [3.8, 4) is 0 Å². The second kappa shape index (κ2) is 7.85. The Kier molecular flexibility index (Phi) is 6.11. The van der Waals surface area contributed by atoms with Crippen molar-refractivity contribution in [1.82, 2.24) is 5.32 Å². The van der Waals surface area contributed by atoms with Crippen LogP contribution in [-0.4, -0.2) is 38.5 Å². The standard InChI is InChI=1S/C15H22ClNO2/c1-2-7-17-14(15-11-18-8-9-19-15)10-12-3-5-13(16)6-4-12/h3-6,14-15,17H,2,7-11H2,1H3. The van der Waals surface area contributed by atoms with Crippen LogP contribution in [0.25, 0.3) is 0 Å². The summed E-state index contributed by atoms with van der Waals surface area (Å²) in [6.45, 7) is 5.24. The van der Waals surface area contributed by atoms with Crippen LogP contribution in [0.2, 0.25) is 5.02 Å². The van der Waals surface area contributed by atoms with Crippen molar-refractivity contribution in [2.75, 3.05) is 26.4 Å². The Balaban J connectivity index is 1.97. The molecule has 1 saturated heterocycles. The zero-order valence-corrected chi connectivity index (χ0v) is 12.2. The van der Waals surface area contributed by atoms with Crippen LogP contribution in [0.15, 0.2) is 24.3 Å². The quantitative estimate of drug-likeness (QED) is 0.871. The molecule has 1 aliphatic heterocycles. The molecule has 2 rings (SSSR count). The molecule has 0 amide bonds. The molecule has 0 saturated carbocycles. The predicted molar refractivity (Wildman–Crippen MR) is 77.8 cm³/mol. The maximum Gasteiger partial charge on any atom is 0.0965 e. The van der Waals surface area contributed by atoms with Gasteiger partial charge in [0.25, 0.3) is 0 Å². The van der Waals surface area contributed by atoms with E-state index in [1.54, 1.807) is 0 Å². The molecule has 4 heteroatoms. The molecule has 0 spiro atoms. The molecule has 2 unspecified atom stereocenters. The molecule has 106 valence electrons. The summed E-state index contributed by atoms with van der Waals surface area (Å²) >= 11 is 5.92. The second-order valence-corrected chi connectivity index (χ2v) is 5.31. The van der Waals surface area contributed by atoms with E-state index in [-0.39, 0.29) is 6.10 Å². The van der Waals surface area contributed by atoms with Crippen molar-refractivity contribution < 1.29 is 9.47 Å². The number of nitrogens with one attached hydrogen (secondary N) is 1. The van der Waals surface area contributed by atoms with Crippen molar-refractivity contribution in [3.05, 3.63) is 34.9 Å². The van der Waals surface area contributed by atoms with E-state index in [4.69, 9.17) is 21.1 Å². The summed E-state index contributed by atoms with van der Waals surface area (Å²) in [5.74, 6) is 0. The third-order valence-electron chi connectivity index (χ3n) is 3.32. The molecule has 1 N–H and O–H groups in total. The molecule has 1 fully saturated rings. The van der Waals surface area contributed by atoms with Gasteiger partial charge in [-0.05, 0) is 37.1 Å². The van der Waals surface area contributed by atoms with E-state index in [1.807, 2.05) is 12.1 Å². The highest BCUT2D eigenvalue weighted by Gasteiger charge is 2.24. The number of hydrogen-bond donors (Lipinski definition) is 1. The molecular formula is C15H22ClNO2. The molecule has 1 aliphatic rings. The first-order valence-corrected chi connectivity index (χ1v) is 7.34. The zero-order chi connectivity index (χ0) is 13.5. The highest BCUT2D eigenvalue weighted by molar-refractivity contribution is 6.30. The lowest BCUT2D eigenvalue weighted by molar-refractivity contribution is -0.101. The van der Waals surface area contributed by atoms with E-state index in [1.165, 1.54) is 5.56 Å². The normalized spacial score (nSPS) is 21.3. The molecule has 2 atom stereocenters. The number of ether oxygens (including phenoxy) is 2. The van der Waals surface area contributed by atoms with Crippen LogP contribution in [0.1, 0.15) is 18.9 Å². The molecule has 1 aromatic carbocycles. The van der Waals surface area contributed by atoms with Gasteiger partial charge in [0.15, 0.2) is 0 Å². The van der Waals surface area contributed by atoms with Gasteiger partial charge < -0.3 is 14.8 Å². The van der Waals surface area contributed by atoms with Crippen LogP contribution in [0.5, 0.6) is 0 Å². The van der Waals surface area contributed by atoms with Gasteiger partial charge >= 0.3 is 0 Å². The Morgan fingerprint density at radius 1 is 1.32 bits per heavy atom. The number of halogens is 1. The smallest absolute Gasteiger partial charge is 0.0965 e. The van der Waals surface area contributed by atoms with Crippen LogP contribution in [0.3, 0.4) is 0 Å². The zero-order valence-electron chi connectivity index (χ0n) is 11.4. The highest BCUT2D eigenvalue weighted by Crippen LogP contribution is 2.15. The summed E-state index contributed by atoms with van der Waals surface area (Å²) in [6.07, 6.45) is 2.19. The maximum atomic E-state index is 5.92. The Morgan fingerprint density at radius 3 is 2.74 bits per heavy atom. The van der Waals surface area contributed by atoms with Crippen molar-refractivity contribution in [3.63, 3.8) is 0 Å².